The van der Waals surface area contributed by atoms with E-state index in [2.05, 4.69) is 241 Å². The third kappa shape index (κ3) is 8.98. The molecule has 0 unspecified atom stereocenters. The molecule has 0 saturated carbocycles. The first kappa shape index (κ1) is 37.5. The van der Waals surface area contributed by atoms with Gasteiger partial charge in [0.1, 0.15) is 0 Å². The fourth-order valence-corrected chi connectivity index (χ4v) is 12.5. The van der Waals surface area contributed by atoms with Gasteiger partial charge in [0, 0.05) is 13.1 Å². The van der Waals surface area contributed by atoms with Crippen LogP contribution in [0.1, 0.15) is 34.3 Å². The van der Waals surface area contributed by atoms with Crippen LogP contribution in [0, 0.1) is 0 Å². The van der Waals surface area contributed by atoms with Crippen LogP contribution in [0.25, 0.3) is 0 Å². The van der Waals surface area contributed by atoms with Gasteiger partial charge >= 0.3 is 0 Å². The van der Waals surface area contributed by atoms with Crippen LogP contribution in [0.3, 0.4) is 0 Å². The Morgan fingerprint density at radius 2 is 0.536 bits per heavy atom. The minimum absolute atomic E-state index is 0.0109. The third-order valence-corrected chi connectivity index (χ3v) is 15.3. The molecule has 0 spiro atoms. The van der Waals surface area contributed by atoms with Gasteiger partial charge in [0.05, 0.1) is 12.1 Å². The lowest BCUT2D eigenvalue weighted by molar-refractivity contribution is 0.381. The van der Waals surface area contributed by atoms with E-state index in [-0.39, 0.29) is 12.1 Å². The molecule has 0 aliphatic heterocycles. The van der Waals surface area contributed by atoms with Crippen LogP contribution < -0.4 is 42.5 Å². The standard InChI is InChI=1S/C52H46N2P2/c1-7-23-41(24-8-1)51(53-39-43-27-19-21-37-49(43)55(45-29-11-3-12-30-45)46-31-13-4-14-32-46)52(42-25-9-2-10-26-42)54-40-44-28-20-22-38-50(44)56(47-33-15-5-16-34-47)48-35-17-6-18-36-48/h1-38,51-54H,39-40H2/t51-,52-/m0/s1. The van der Waals surface area contributed by atoms with Crippen molar-refractivity contribution in [1.29, 1.82) is 0 Å². The lowest BCUT2D eigenvalue weighted by atomic mass is 9.92. The van der Waals surface area contributed by atoms with Gasteiger partial charge in [0.2, 0.25) is 0 Å². The molecule has 0 fully saturated rings. The van der Waals surface area contributed by atoms with E-state index in [0.29, 0.717) is 0 Å². The van der Waals surface area contributed by atoms with Crippen LogP contribution in [0.4, 0.5) is 0 Å². The van der Waals surface area contributed by atoms with Gasteiger partial charge in [-0.05, 0) is 69.9 Å². The maximum Gasteiger partial charge on any atom is 0.0521 e. The molecule has 2 nitrogen and oxygen atoms in total. The Labute approximate surface area is 334 Å². The molecular formula is C52H46N2P2. The summed E-state index contributed by atoms with van der Waals surface area (Å²) < 4.78 is 0. The van der Waals surface area contributed by atoms with Crippen LogP contribution in [0.15, 0.2) is 231 Å². The highest BCUT2D eigenvalue weighted by Gasteiger charge is 2.27. The molecule has 4 heteroatoms. The Kier molecular flexibility index (Phi) is 12.7. The first-order valence-corrected chi connectivity index (χ1v) is 22.0. The summed E-state index contributed by atoms with van der Waals surface area (Å²) >= 11 is 0. The summed E-state index contributed by atoms with van der Waals surface area (Å²) in [5, 5.41) is 16.4. The van der Waals surface area contributed by atoms with Gasteiger partial charge < -0.3 is 10.6 Å². The lowest BCUT2D eigenvalue weighted by Crippen LogP contribution is -2.37. The summed E-state index contributed by atoms with van der Waals surface area (Å²) in [6.07, 6.45) is 0. The van der Waals surface area contributed by atoms with Crippen molar-refractivity contribution in [3.8, 4) is 0 Å². The maximum atomic E-state index is 4.13. The minimum atomic E-state index is -0.751. The average Bonchev–Trinajstić information content (AvgIpc) is 3.28. The lowest BCUT2D eigenvalue weighted by Gasteiger charge is -2.32. The predicted octanol–water partition coefficient (Wildman–Crippen LogP) is 9.56. The Balaban J connectivity index is 1.15. The van der Waals surface area contributed by atoms with Crippen LogP contribution in [0.5, 0.6) is 0 Å². The Morgan fingerprint density at radius 3 is 0.839 bits per heavy atom. The van der Waals surface area contributed by atoms with E-state index >= 15 is 0 Å². The molecule has 56 heavy (non-hydrogen) atoms. The van der Waals surface area contributed by atoms with E-state index in [1.807, 2.05) is 0 Å². The minimum Gasteiger partial charge on any atom is -0.304 e. The predicted molar refractivity (Wildman–Crippen MR) is 242 cm³/mol. The molecule has 274 valence electrons. The SMILES string of the molecule is c1ccc([C@H](NCc2ccccc2P(c2ccccc2)c2ccccc2)[C@@H](NCc2ccccc2P(c2ccccc2)c2ccccc2)c2ccccc2)cc1. The Hall–Kier alpha value is -5.46. The quantitative estimate of drug-likeness (QED) is 0.102. The fourth-order valence-electron chi connectivity index (χ4n) is 7.54. The second-order valence-corrected chi connectivity index (χ2v) is 18.2. The summed E-state index contributed by atoms with van der Waals surface area (Å²) in [5.41, 5.74) is 5.15. The van der Waals surface area contributed by atoms with Crippen LogP contribution >= 0.6 is 15.8 Å². The van der Waals surface area contributed by atoms with Crippen molar-refractivity contribution in [2.45, 2.75) is 25.2 Å². The van der Waals surface area contributed by atoms with E-state index in [1.165, 1.54) is 54.1 Å². The summed E-state index contributed by atoms with van der Waals surface area (Å²) in [6, 6.07) is 83.9. The first-order valence-electron chi connectivity index (χ1n) is 19.4. The molecule has 0 bridgehead atoms. The van der Waals surface area contributed by atoms with Crippen molar-refractivity contribution in [3.63, 3.8) is 0 Å². The zero-order chi connectivity index (χ0) is 37.8. The normalized spacial score (nSPS) is 12.4. The zero-order valence-electron chi connectivity index (χ0n) is 31.4. The smallest absolute Gasteiger partial charge is 0.0521 e. The summed E-state index contributed by atoms with van der Waals surface area (Å²) in [5.74, 6) is 0. The molecule has 8 aromatic rings. The zero-order valence-corrected chi connectivity index (χ0v) is 33.2. The molecule has 8 rings (SSSR count). The van der Waals surface area contributed by atoms with Gasteiger partial charge in [-0.25, -0.2) is 0 Å². The molecule has 0 heterocycles. The van der Waals surface area contributed by atoms with Crippen LogP contribution in [-0.4, -0.2) is 0 Å². The fraction of sp³-hybridized carbons (Fsp3) is 0.0769. The molecule has 2 atom stereocenters. The number of hydrogen-bond donors (Lipinski definition) is 2. The van der Waals surface area contributed by atoms with Crippen molar-refractivity contribution in [1.82, 2.24) is 10.6 Å². The van der Waals surface area contributed by atoms with E-state index < -0.39 is 15.8 Å². The van der Waals surface area contributed by atoms with Gasteiger partial charge in [0.15, 0.2) is 0 Å². The average molecular weight is 761 g/mol. The van der Waals surface area contributed by atoms with E-state index in [1.54, 1.807) is 0 Å². The van der Waals surface area contributed by atoms with E-state index in [0.717, 1.165) is 13.1 Å². The molecule has 0 aliphatic rings. The summed E-state index contributed by atoms with van der Waals surface area (Å²) in [4.78, 5) is 0. The Morgan fingerprint density at radius 1 is 0.286 bits per heavy atom. The van der Waals surface area contributed by atoms with E-state index in [4.69, 9.17) is 0 Å². The molecular weight excluding hydrogens is 715 g/mol. The number of nitrogens with one attached hydrogen (secondary N) is 2. The highest BCUT2D eigenvalue weighted by molar-refractivity contribution is 7.80. The molecule has 0 amide bonds. The molecule has 0 aliphatic carbocycles. The molecule has 0 saturated heterocycles. The van der Waals surface area contributed by atoms with Crippen LogP contribution in [-0.2, 0) is 13.1 Å². The maximum absolute atomic E-state index is 4.13. The van der Waals surface area contributed by atoms with E-state index in [9.17, 15) is 0 Å². The van der Waals surface area contributed by atoms with Gasteiger partial charge in [-0.2, -0.15) is 0 Å². The molecule has 8 aromatic carbocycles. The summed E-state index contributed by atoms with van der Waals surface area (Å²) in [6.45, 7) is 1.45. The van der Waals surface area contributed by atoms with Crippen molar-refractivity contribution in [2.75, 3.05) is 0 Å². The third-order valence-electron chi connectivity index (χ3n) is 10.2. The van der Waals surface area contributed by atoms with Gasteiger partial charge in [-0.15, -0.1) is 0 Å². The molecule has 2 N–H and O–H groups in total. The van der Waals surface area contributed by atoms with Gasteiger partial charge in [-0.1, -0.05) is 231 Å². The van der Waals surface area contributed by atoms with Crippen molar-refractivity contribution < 1.29 is 0 Å². The first-order chi connectivity index (χ1) is 27.8. The highest BCUT2D eigenvalue weighted by atomic mass is 31.1. The monoisotopic (exact) mass is 760 g/mol. The number of rotatable bonds is 15. The van der Waals surface area contributed by atoms with Crippen LogP contribution in [0.2, 0.25) is 0 Å². The van der Waals surface area contributed by atoms with Crippen molar-refractivity contribution in [3.05, 3.63) is 253 Å². The molecule has 0 radical (unpaired) electrons. The largest absolute Gasteiger partial charge is 0.304 e. The van der Waals surface area contributed by atoms with Crippen molar-refractivity contribution >= 4 is 47.7 Å². The Bertz CT molecular complexity index is 2120. The van der Waals surface area contributed by atoms with Gasteiger partial charge in [-0.3, -0.25) is 0 Å². The molecule has 0 aromatic heterocycles. The topological polar surface area (TPSA) is 24.1 Å². The summed E-state index contributed by atoms with van der Waals surface area (Å²) in [7, 11) is -1.50. The number of benzene rings is 8. The highest BCUT2D eigenvalue weighted by Crippen LogP contribution is 2.37. The van der Waals surface area contributed by atoms with Gasteiger partial charge in [0.25, 0.3) is 0 Å². The second kappa shape index (κ2) is 18.9. The number of hydrogen-bond acceptors (Lipinski definition) is 2. The second-order valence-electron chi connectivity index (χ2n) is 13.8. The van der Waals surface area contributed by atoms with Crippen molar-refractivity contribution in [2.24, 2.45) is 0 Å².